The van der Waals surface area contributed by atoms with Crippen LogP contribution in [0.1, 0.15) is 62.0 Å². The van der Waals surface area contributed by atoms with Gasteiger partial charge in [-0.05, 0) is 56.2 Å². The molecule has 1 unspecified atom stereocenters. The van der Waals surface area contributed by atoms with Crippen LogP contribution in [0, 0.1) is 5.41 Å². The van der Waals surface area contributed by atoms with Crippen molar-refractivity contribution < 1.29 is 22.7 Å². The van der Waals surface area contributed by atoms with Crippen LogP contribution in [0.5, 0.6) is 0 Å². The van der Waals surface area contributed by atoms with Gasteiger partial charge in [-0.1, -0.05) is 11.6 Å². The van der Waals surface area contributed by atoms with Crippen molar-refractivity contribution in [2.75, 3.05) is 13.1 Å². The largest absolute Gasteiger partial charge is 0.490 e. The topological polar surface area (TPSA) is 72.3 Å². The summed E-state index contributed by atoms with van der Waals surface area (Å²) in [6, 6.07) is 5.02. The Kier molecular flexibility index (Phi) is 4.49. The highest BCUT2D eigenvalue weighted by Gasteiger charge is 2.54. The average molecular weight is 482 g/mol. The lowest BCUT2D eigenvalue weighted by molar-refractivity contribution is -0.216. The predicted octanol–water partition coefficient (Wildman–Crippen LogP) is 3.86. The summed E-state index contributed by atoms with van der Waals surface area (Å²) >= 11 is 6.28. The fourth-order valence-electron chi connectivity index (χ4n) is 5.46. The van der Waals surface area contributed by atoms with Gasteiger partial charge in [-0.3, -0.25) is 9.47 Å². The second kappa shape index (κ2) is 6.93. The maximum Gasteiger partial charge on any atom is 0.490 e. The van der Waals surface area contributed by atoms with Gasteiger partial charge in [0.1, 0.15) is 5.82 Å². The molecule has 0 bridgehead atoms. The Hall–Kier alpha value is -2.17. The molecule has 176 valence electrons. The van der Waals surface area contributed by atoms with E-state index in [4.69, 9.17) is 16.3 Å². The second-order valence-electron chi connectivity index (χ2n) is 10.1. The van der Waals surface area contributed by atoms with Gasteiger partial charge in [-0.2, -0.15) is 13.2 Å². The van der Waals surface area contributed by atoms with E-state index in [2.05, 4.69) is 15.5 Å². The van der Waals surface area contributed by atoms with E-state index in [1.807, 2.05) is 11.5 Å². The molecule has 2 aliphatic heterocycles. The van der Waals surface area contributed by atoms with Crippen molar-refractivity contribution in [3.05, 3.63) is 40.4 Å². The first-order valence-electron chi connectivity index (χ1n) is 11.1. The maximum atomic E-state index is 13.2. The Bertz CT molecular complexity index is 1130. The lowest BCUT2D eigenvalue weighted by Gasteiger charge is -2.54. The number of ether oxygens (including phenoxy) is 1. The molecule has 4 aliphatic rings. The third kappa shape index (κ3) is 3.37. The first-order chi connectivity index (χ1) is 15.6. The molecule has 1 aromatic heterocycles. The Labute approximate surface area is 193 Å². The van der Waals surface area contributed by atoms with Crippen LogP contribution < -0.4 is 5.32 Å². The molecule has 1 atom stereocenters. The molecular formula is C22H23ClF3N5O2. The molecule has 0 amide bonds. The lowest BCUT2D eigenvalue weighted by atomic mass is 9.58. The van der Waals surface area contributed by atoms with Crippen LogP contribution in [0.3, 0.4) is 0 Å². The third-order valence-corrected chi connectivity index (χ3v) is 7.92. The molecule has 1 saturated heterocycles. The number of rotatable bonds is 3. The van der Waals surface area contributed by atoms with Gasteiger partial charge in [0.15, 0.2) is 12.1 Å². The summed E-state index contributed by atoms with van der Waals surface area (Å²) in [5.41, 5.74) is 0.930. The van der Waals surface area contributed by atoms with Gasteiger partial charge in [-0.25, -0.2) is 4.79 Å². The zero-order chi connectivity index (χ0) is 23.2. The number of fused-ring (bicyclic) bond motifs is 3. The van der Waals surface area contributed by atoms with Crippen molar-refractivity contribution >= 4 is 17.6 Å². The summed E-state index contributed by atoms with van der Waals surface area (Å²) in [5.74, 6) is -0.574. The number of alkyl halides is 3. The van der Waals surface area contributed by atoms with E-state index in [-0.39, 0.29) is 12.5 Å². The molecule has 1 spiro atoms. The fraction of sp³-hybridized carbons (Fsp3) is 0.591. The van der Waals surface area contributed by atoms with Gasteiger partial charge in [0.05, 0.1) is 12.2 Å². The Morgan fingerprint density at radius 3 is 2.58 bits per heavy atom. The van der Waals surface area contributed by atoms with Gasteiger partial charge >= 0.3 is 12.1 Å². The highest BCUT2D eigenvalue weighted by molar-refractivity contribution is 6.30. The number of aromatic nitrogens is 3. The van der Waals surface area contributed by atoms with Crippen molar-refractivity contribution in [2.24, 2.45) is 5.41 Å². The summed E-state index contributed by atoms with van der Waals surface area (Å²) in [6.07, 6.45) is -2.79. The molecular weight excluding hydrogens is 459 g/mol. The van der Waals surface area contributed by atoms with Crippen molar-refractivity contribution in [1.29, 1.82) is 0 Å². The minimum absolute atomic E-state index is 0.213. The number of halogens is 4. The lowest BCUT2D eigenvalue weighted by Crippen LogP contribution is -2.59. The van der Waals surface area contributed by atoms with E-state index in [0.29, 0.717) is 27.5 Å². The second-order valence-corrected chi connectivity index (χ2v) is 10.5. The normalized spacial score (nSPS) is 25.4. The average Bonchev–Trinajstić information content (AvgIpc) is 3.33. The molecule has 7 nitrogen and oxygen atoms in total. The summed E-state index contributed by atoms with van der Waals surface area (Å²) < 4.78 is 46.6. The van der Waals surface area contributed by atoms with Crippen LogP contribution in [0.2, 0.25) is 5.02 Å². The van der Waals surface area contributed by atoms with E-state index in [1.165, 1.54) is 0 Å². The van der Waals surface area contributed by atoms with Crippen LogP contribution in [0.25, 0.3) is 5.69 Å². The molecule has 2 aromatic rings. The molecule has 3 heterocycles. The minimum atomic E-state index is -5.10. The van der Waals surface area contributed by atoms with Gasteiger partial charge < -0.3 is 10.1 Å². The Morgan fingerprint density at radius 1 is 1.24 bits per heavy atom. The summed E-state index contributed by atoms with van der Waals surface area (Å²) in [5, 5.41) is 12.6. The number of hydrogen-bond donors (Lipinski definition) is 1. The highest BCUT2D eigenvalue weighted by atomic mass is 35.5. The number of hydrogen-bond acceptors (Lipinski definition) is 6. The molecule has 0 radical (unpaired) electrons. The van der Waals surface area contributed by atoms with Crippen LogP contribution in [0.15, 0.2) is 18.2 Å². The number of esters is 1. The van der Waals surface area contributed by atoms with Gasteiger partial charge in [0, 0.05) is 35.1 Å². The van der Waals surface area contributed by atoms with Crippen LogP contribution in [-0.2, 0) is 16.1 Å². The van der Waals surface area contributed by atoms with Crippen molar-refractivity contribution in [3.8, 4) is 5.69 Å². The molecule has 1 N–H and O–H groups in total. The zero-order valence-corrected chi connectivity index (χ0v) is 18.7. The monoisotopic (exact) mass is 481 g/mol. The van der Waals surface area contributed by atoms with Crippen LogP contribution in [0.4, 0.5) is 13.2 Å². The Morgan fingerprint density at radius 2 is 1.97 bits per heavy atom. The number of carbonyl (C=O) groups is 1. The number of nitrogens with one attached hydrogen (secondary N) is 1. The quantitative estimate of drug-likeness (QED) is 0.671. The summed E-state index contributed by atoms with van der Waals surface area (Å²) in [4.78, 5) is 13.7. The number of benzene rings is 1. The first kappa shape index (κ1) is 21.4. The molecule has 3 fully saturated rings. The molecule has 1 aromatic carbocycles. The van der Waals surface area contributed by atoms with Gasteiger partial charge in [0.2, 0.25) is 0 Å². The summed E-state index contributed by atoms with van der Waals surface area (Å²) in [7, 11) is 0. The van der Waals surface area contributed by atoms with Crippen molar-refractivity contribution in [2.45, 2.75) is 63.0 Å². The SMILES string of the molecule is CC1(N2Cc3nnc(C4CC5(CNC5)C4)n3-c3ccc(Cl)cc3C2OC(=O)C(F)(F)F)CC1. The van der Waals surface area contributed by atoms with Crippen LogP contribution >= 0.6 is 11.6 Å². The van der Waals surface area contributed by atoms with Crippen LogP contribution in [-0.4, -0.2) is 50.4 Å². The van der Waals surface area contributed by atoms with E-state index >= 15 is 0 Å². The first-order valence-corrected chi connectivity index (χ1v) is 11.5. The molecule has 2 saturated carbocycles. The molecule has 6 rings (SSSR count). The standard InChI is InChI=1S/C22H23ClF3N5O2/c1-20(4-5-20)30-9-16-28-29-17(12-7-21(8-12)10-27-11-21)31(16)15-3-2-13(23)6-14(15)18(30)33-19(32)22(24,25)26/h2-3,6,12,18,27H,4-5,7-11H2,1H3. The third-order valence-electron chi connectivity index (χ3n) is 7.69. The Balaban J connectivity index is 1.46. The number of nitrogens with zero attached hydrogens (tertiary/aromatic N) is 4. The van der Waals surface area contributed by atoms with E-state index in [0.717, 1.165) is 44.6 Å². The summed E-state index contributed by atoms with van der Waals surface area (Å²) in [6.45, 7) is 4.17. The van der Waals surface area contributed by atoms with E-state index < -0.39 is 23.9 Å². The van der Waals surface area contributed by atoms with E-state index in [1.54, 1.807) is 23.1 Å². The molecule has 2 aliphatic carbocycles. The minimum Gasteiger partial charge on any atom is -0.435 e. The predicted molar refractivity (Wildman–Crippen MR) is 112 cm³/mol. The maximum absolute atomic E-state index is 13.2. The van der Waals surface area contributed by atoms with E-state index in [9.17, 15) is 18.0 Å². The van der Waals surface area contributed by atoms with Crippen molar-refractivity contribution in [3.63, 3.8) is 0 Å². The fourth-order valence-corrected chi connectivity index (χ4v) is 5.64. The molecule has 11 heteroatoms. The number of carbonyl (C=O) groups excluding carboxylic acids is 1. The highest BCUT2D eigenvalue weighted by Crippen LogP contribution is 2.54. The van der Waals surface area contributed by atoms with Gasteiger partial charge in [0.25, 0.3) is 0 Å². The van der Waals surface area contributed by atoms with Crippen molar-refractivity contribution in [1.82, 2.24) is 25.0 Å². The smallest absolute Gasteiger partial charge is 0.435 e. The van der Waals surface area contributed by atoms with Gasteiger partial charge in [-0.15, -0.1) is 10.2 Å². The molecule has 33 heavy (non-hydrogen) atoms. The zero-order valence-electron chi connectivity index (χ0n) is 18.0.